The molecular weight excluding hydrogens is 242 g/mol. The van der Waals surface area contributed by atoms with Gasteiger partial charge in [0.25, 0.3) is 0 Å². The maximum absolute atomic E-state index is 9.90. The van der Waals surface area contributed by atoms with Gasteiger partial charge >= 0.3 is 0 Å². The predicted octanol–water partition coefficient (Wildman–Crippen LogP) is 2.08. The molecule has 0 saturated heterocycles. The first kappa shape index (κ1) is 15.8. The summed E-state index contributed by atoms with van der Waals surface area (Å²) in [4.78, 5) is 0. The number of rotatable bonds is 5. The van der Waals surface area contributed by atoms with E-state index in [0.717, 1.165) is 17.1 Å². The molecule has 0 aliphatic rings. The second-order valence-electron chi connectivity index (χ2n) is 6.10. The van der Waals surface area contributed by atoms with Gasteiger partial charge in [-0.1, -0.05) is 20.8 Å². The third-order valence-corrected chi connectivity index (χ3v) is 2.97. The van der Waals surface area contributed by atoms with Crippen molar-refractivity contribution in [2.75, 3.05) is 20.3 Å². The molecule has 0 spiro atoms. The molecule has 0 radical (unpaired) electrons. The van der Waals surface area contributed by atoms with Gasteiger partial charge in [-0.15, -0.1) is 0 Å². The minimum Gasteiger partial charge on any atom is -0.497 e. The zero-order valence-corrected chi connectivity index (χ0v) is 12.5. The standard InChI is InChI=1S/C15H25NO3/c1-14(2,3)12-8-11(18-5)6-7-13(12)19-10-15(4,17)9-16/h6-8,17H,9-10,16H2,1-5H3. The summed E-state index contributed by atoms with van der Waals surface area (Å²) in [7, 11) is 1.64. The van der Waals surface area contributed by atoms with Crippen LogP contribution in [0.25, 0.3) is 0 Å². The maximum atomic E-state index is 9.90. The van der Waals surface area contributed by atoms with Gasteiger partial charge in [0.05, 0.1) is 7.11 Å². The van der Waals surface area contributed by atoms with E-state index in [9.17, 15) is 5.11 Å². The van der Waals surface area contributed by atoms with Crippen LogP contribution in [0.4, 0.5) is 0 Å². The molecule has 108 valence electrons. The van der Waals surface area contributed by atoms with Crippen LogP contribution in [0.3, 0.4) is 0 Å². The summed E-state index contributed by atoms with van der Waals surface area (Å²) in [6, 6.07) is 5.68. The molecule has 0 amide bonds. The molecule has 0 aliphatic heterocycles. The maximum Gasteiger partial charge on any atom is 0.123 e. The number of hydrogen-bond acceptors (Lipinski definition) is 4. The Morgan fingerprint density at radius 3 is 2.32 bits per heavy atom. The fourth-order valence-corrected chi connectivity index (χ4v) is 1.64. The molecule has 1 unspecified atom stereocenters. The van der Waals surface area contributed by atoms with Crippen molar-refractivity contribution < 1.29 is 14.6 Å². The average Bonchev–Trinajstić information content (AvgIpc) is 2.35. The number of aliphatic hydroxyl groups is 1. The summed E-state index contributed by atoms with van der Waals surface area (Å²) < 4.78 is 11.0. The fourth-order valence-electron chi connectivity index (χ4n) is 1.64. The summed E-state index contributed by atoms with van der Waals surface area (Å²) in [5.41, 5.74) is 5.44. The highest BCUT2D eigenvalue weighted by molar-refractivity contribution is 5.44. The Morgan fingerprint density at radius 2 is 1.84 bits per heavy atom. The van der Waals surface area contributed by atoms with Crippen LogP contribution in [-0.4, -0.2) is 31.0 Å². The van der Waals surface area contributed by atoms with Crippen LogP contribution < -0.4 is 15.2 Å². The van der Waals surface area contributed by atoms with Crippen molar-refractivity contribution in [3.8, 4) is 11.5 Å². The highest BCUT2D eigenvalue weighted by Crippen LogP contribution is 2.34. The lowest BCUT2D eigenvalue weighted by Gasteiger charge is -2.26. The zero-order chi connectivity index (χ0) is 14.7. The van der Waals surface area contributed by atoms with E-state index in [2.05, 4.69) is 20.8 Å². The van der Waals surface area contributed by atoms with Crippen molar-refractivity contribution in [3.05, 3.63) is 23.8 Å². The van der Waals surface area contributed by atoms with E-state index in [0.29, 0.717) is 0 Å². The third kappa shape index (κ3) is 4.40. The Kier molecular flexibility index (Phi) is 4.82. The van der Waals surface area contributed by atoms with E-state index >= 15 is 0 Å². The summed E-state index contributed by atoms with van der Waals surface area (Å²) in [5.74, 6) is 1.55. The Bertz CT molecular complexity index is 422. The first-order valence-corrected chi connectivity index (χ1v) is 6.43. The molecule has 0 bridgehead atoms. The van der Waals surface area contributed by atoms with E-state index in [-0.39, 0.29) is 18.6 Å². The first-order chi connectivity index (χ1) is 8.69. The molecule has 0 aliphatic carbocycles. The molecule has 0 aromatic heterocycles. The average molecular weight is 267 g/mol. The number of ether oxygens (including phenoxy) is 2. The number of hydrogen-bond donors (Lipinski definition) is 2. The van der Waals surface area contributed by atoms with Crippen LogP contribution in [-0.2, 0) is 5.41 Å². The summed E-state index contributed by atoms with van der Waals surface area (Å²) in [5, 5.41) is 9.90. The Labute approximate surface area is 115 Å². The van der Waals surface area contributed by atoms with Crippen molar-refractivity contribution in [3.63, 3.8) is 0 Å². The molecule has 1 aromatic rings. The van der Waals surface area contributed by atoms with Gasteiger partial charge in [-0.25, -0.2) is 0 Å². The smallest absolute Gasteiger partial charge is 0.123 e. The summed E-state index contributed by atoms with van der Waals surface area (Å²) in [6.07, 6.45) is 0. The Morgan fingerprint density at radius 1 is 1.21 bits per heavy atom. The van der Waals surface area contributed by atoms with Crippen molar-refractivity contribution in [1.82, 2.24) is 0 Å². The minimum atomic E-state index is -1.02. The van der Waals surface area contributed by atoms with Gasteiger partial charge in [0.1, 0.15) is 23.7 Å². The van der Waals surface area contributed by atoms with Crippen LogP contribution in [0.15, 0.2) is 18.2 Å². The SMILES string of the molecule is COc1ccc(OCC(C)(O)CN)c(C(C)(C)C)c1. The Balaban J connectivity index is 3.00. The van der Waals surface area contributed by atoms with E-state index in [1.165, 1.54) is 0 Å². The number of nitrogens with two attached hydrogens (primary N) is 1. The quantitative estimate of drug-likeness (QED) is 0.857. The molecule has 0 heterocycles. The molecule has 1 atom stereocenters. The van der Waals surface area contributed by atoms with Crippen molar-refractivity contribution >= 4 is 0 Å². The van der Waals surface area contributed by atoms with E-state index in [4.69, 9.17) is 15.2 Å². The van der Waals surface area contributed by atoms with Gasteiger partial charge in [-0.3, -0.25) is 0 Å². The Hall–Kier alpha value is -1.26. The molecule has 19 heavy (non-hydrogen) atoms. The van der Waals surface area contributed by atoms with Crippen LogP contribution >= 0.6 is 0 Å². The van der Waals surface area contributed by atoms with Crippen molar-refractivity contribution in [2.45, 2.75) is 38.7 Å². The second-order valence-corrected chi connectivity index (χ2v) is 6.10. The molecule has 4 nitrogen and oxygen atoms in total. The van der Waals surface area contributed by atoms with Crippen LogP contribution in [0, 0.1) is 0 Å². The van der Waals surface area contributed by atoms with Gasteiger partial charge < -0.3 is 20.3 Å². The van der Waals surface area contributed by atoms with Gasteiger partial charge in [-0.2, -0.15) is 0 Å². The lowest BCUT2D eigenvalue weighted by Crippen LogP contribution is -2.40. The normalized spacial score (nSPS) is 14.9. The van der Waals surface area contributed by atoms with Gasteiger partial charge in [0.15, 0.2) is 0 Å². The monoisotopic (exact) mass is 267 g/mol. The highest BCUT2D eigenvalue weighted by Gasteiger charge is 2.23. The predicted molar refractivity (Wildman–Crippen MR) is 76.9 cm³/mol. The lowest BCUT2D eigenvalue weighted by molar-refractivity contribution is 0.0189. The van der Waals surface area contributed by atoms with E-state index in [1.54, 1.807) is 14.0 Å². The molecule has 1 rings (SSSR count). The highest BCUT2D eigenvalue weighted by atomic mass is 16.5. The largest absolute Gasteiger partial charge is 0.497 e. The molecule has 3 N–H and O–H groups in total. The first-order valence-electron chi connectivity index (χ1n) is 6.43. The van der Waals surface area contributed by atoms with Crippen LogP contribution in [0.2, 0.25) is 0 Å². The zero-order valence-electron chi connectivity index (χ0n) is 12.5. The van der Waals surface area contributed by atoms with Gasteiger partial charge in [-0.05, 0) is 30.5 Å². The van der Waals surface area contributed by atoms with E-state index < -0.39 is 5.60 Å². The molecule has 0 fully saturated rings. The van der Waals surface area contributed by atoms with Gasteiger partial charge in [0, 0.05) is 12.1 Å². The topological polar surface area (TPSA) is 64.7 Å². The van der Waals surface area contributed by atoms with Crippen LogP contribution in [0.5, 0.6) is 11.5 Å². The summed E-state index contributed by atoms with van der Waals surface area (Å²) in [6.45, 7) is 8.31. The van der Waals surface area contributed by atoms with Crippen molar-refractivity contribution in [1.29, 1.82) is 0 Å². The molecular formula is C15H25NO3. The fraction of sp³-hybridized carbons (Fsp3) is 0.600. The molecule has 0 saturated carbocycles. The second kappa shape index (κ2) is 5.80. The third-order valence-electron chi connectivity index (χ3n) is 2.97. The van der Waals surface area contributed by atoms with Gasteiger partial charge in [0.2, 0.25) is 0 Å². The number of benzene rings is 1. The number of methoxy groups -OCH3 is 1. The van der Waals surface area contributed by atoms with Crippen molar-refractivity contribution in [2.24, 2.45) is 5.73 Å². The lowest BCUT2D eigenvalue weighted by atomic mass is 9.86. The molecule has 1 aromatic carbocycles. The minimum absolute atomic E-state index is 0.0710. The van der Waals surface area contributed by atoms with Crippen LogP contribution in [0.1, 0.15) is 33.3 Å². The van der Waals surface area contributed by atoms with E-state index in [1.807, 2.05) is 18.2 Å². The summed E-state index contributed by atoms with van der Waals surface area (Å²) >= 11 is 0. The molecule has 4 heteroatoms.